The number of carbonyl (C=O) groups is 2. The number of aliphatic carboxylic acids is 1. The highest BCUT2D eigenvalue weighted by atomic mass is 32.1. The topological polar surface area (TPSA) is 82.5 Å². The van der Waals surface area contributed by atoms with Crippen molar-refractivity contribution in [2.45, 2.75) is 33.2 Å². The molecule has 2 atom stereocenters. The van der Waals surface area contributed by atoms with Gasteiger partial charge in [-0.05, 0) is 18.8 Å². The molecule has 2 heterocycles. The lowest BCUT2D eigenvalue weighted by atomic mass is 9.91. The Balaban J connectivity index is 1.98. The van der Waals surface area contributed by atoms with Crippen LogP contribution in [0.1, 0.15) is 35.8 Å². The minimum atomic E-state index is -0.786. The summed E-state index contributed by atoms with van der Waals surface area (Å²) < 4.78 is 0. The number of hydrogen-bond acceptors (Lipinski definition) is 5. The molecule has 1 aromatic heterocycles. The van der Waals surface area contributed by atoms with E-state index < -0.39 is 5.97 Å². The zero-order chi connectivity index (χ0) is 16.3. The van der Waals surface area contributed by atoms with Crippen molar-refractivity contribution in [2.24, 2.45) is 11.8 Å². The number of likely N-dealkylation sites (tertiary alicyclic amines) is 1. The molecule has 1 amide bonds. The summed E-state index contributed by atoms with van der Waals surface area (Å²) in [6.07, 6.45) is 0.136. The molecule has 0 spiro atoms. The summed E-state index contributed by atoms with van der Waals surface area (Å²) in [5, 5.41) is 14.5. The van der Waals surface area contributed by atoms with E-state index >= 15 is 0 Å². The third kappa shape index (κ3) is 4.27. The van der Waals surface area contributed by atoms with E-state index in [1.54, 1.807) is 5.38 Å². The minimum Gasteiger partial charge on any atom is -0.481 e. The molecule has 1 aromatic rings. The SMILES string of the molecule is Cc1nc(C(=O)N[C@H]2CN(CCC(=O)O)C[C@@H]2C(C)C)cs1. The number of rotatable bonds is 6. The number of nitrogens with zero attached hydrogens (tertiary/aromatic N) is 2. The number of amides is 1. The molecule has 0 radical (unpaired) electrons. The average molecular weight is 325 g/mol. The highest BCUT2D eigenvalue weighted by Gasteiger charge is 2.35. The number of thiazole rings is 1. The predicted molar refractivity (Wildman–Crippen MR) is 85.1 cm³/mol. The standard InChI is InChI=1S/C15H23N3O3S/c1-9(2)11-6-18(5-4-14(19)20)7-12(11)17-15(21)13-8-22-10(3)16-13/h8-9,11-12H,4-7H2,1-3H3,(H,17,21)(H,19,20)/t11-,12+/m1/s1. The Morgan fingerprint density at radius 1 is 1.50 bits per heavy atom. The Morgan fingerprint density at radius 2 is 2.23 bits per heavy atom. The maximum atomic E-state index is 12.3. The van der Waals surface area contributed by atoms with Gasteiger partial charge in [-0.2, -0.15) is 0 Å². The normalized spacial score (nSPS) is 22.2. The Hall–Kier alpha value is -1.47. The average Bonchev–Trinajstić information content (AvgIpc) is 3.03. The van der Waals surface area contributed by atoms with Crippen LogP contribution in [0, 0.1) is 18.8 Å². The van der Waals surface area contributed by atoms with Crippen molar-refractivity contribution < 1.29 is 14.7 Å². The first-order valence-electron chi connectivity index (χ1n) is 7.54. The molecule has 1 aliphatic rings. The van der Waals surface area contributed by atoms with Gasteiger partial charge in [0.2, 0.25) is 0 Å². The van der Waals surface area contributed by atoms with E-state index in [1.165, 1.54) is 11.3 Å². The van der Waals surface area contributed by atoms with Gasteiger partial charge in [0.05, 0.1) is 11.4 Å². The summed E-state index contributed by atoms with van der Waals surface area (Å²) in [5.74, 6) is -0.165. The van der Waals surface area contributed by atoms with Crippen molar-refractivity contribution in [3.05, 3.63) is 16.1 Å². The fourth-order valence-electron chi connectivity index (χ4n) is 2.89. The first kappa shape index (κ1) is 16.9. The van der Waals surface area contributed by atoms with Crippen molar-refractivity contribution in [3.8, 4) is 0 Å². The van der Waals surface area contributed by atoms with E-state index in [0.717, 1.165) is 11.6 Å². The molecule has 0 unspecified atom stereocenters. The Labute approximate surface area is 134 Å². The summed E-state index contributed by atoms with van der Waals surface area (Å²) in [6.45, 7) is 8.20. The van der Waals surface area contributed by atoms with Gasteiger partial charge in [0.15, 0.2) is 0 Å². The summed E-state index contributed by atoms with van der Waals surface area (Å²) >= 11 is 1.46. The summed E-state index contributed by atoms with van der Waals surface area (Å²) in [5.41, 5.74) is 0.467. The zero-order valence-electron chi connectivity index (χ0n) is 13.2. The largest absolute Gasteiger partial charge is 0.481 e. The second-order valence-corrected chi connectivity index (χ2v) is 7.21. The van der Waals surface area contributed by atoms with Crippen molar-refractivity contribution in [1.29, 1.82) is 0 Å². The molecule has 1 saturated heterocycles. The molecule has 0 aliphatic carbocycles. The van der Waals surface area contributed by atoms with Crippen LogP contribution in [0.5, 0.6) is 0 Å². The van der Waals surface area contributed by atoms with Crippen LogP contribution in [0.2, 0.25) is 0 Å². The highest BCUT2D eigenvalue weighted by Crippen LogP contribution is 2.25. The van der Waals surface area contributed by atoms with Gasteiger partial charge in [-0.1, -0.05) is 13.8 Å². The monoisotopic (exact) mass is 325 g/mol. The van der Waals surface area contributed by atoms with Gasteiger partial charge in [0, 0.05) is 31.1 Å². The fourth-order valence-corrected chi connectivity index (χ4v) is 3.48. The van der Waals surface area contributed by atoms with Crippen LogP contribution in [0.25, 0.3) is 0 Å². The van der Waals surface area contributed by atoms with Crippen molar-refractivity contribution in [1.82, 2.24) is 15.2 Å². The van der Waals surface area contributed by atoms with Gasteiger partial charge >= 0.3 is 5.97 Å². The fraction of sp³-hybridized carbons (Fsp3) is 0.667. The van der Waals surface area contributed by atoms with E-state index in [2.05, 4.69) is 29.0 Å². The lowest BCUT2D eigenvalue weighted by molar-refractivity contribution is -0.137. The Kier molecular flexibility index (Phi) is 5.52. The van der Waals surface area contributed by atoms with Gasteiger partial charge < -0.3 is 15.3 Å². The lowest BCUT2D eigenvalue weighted by Crippen LogP contribution is -2.42. The van der Waals surface area contributed by atoms with Gasteiger partial charge in [-0.3, -0.25) is 9.59 Å². The second-order valence-electron chi connectivity index (χ2n) is 6.14. The van der Waals surface area contributed by atoms with Crippen molar-refractivity contribution >= 4 is 23.2 Å². The third-order valence-corrected chi connectivity index (χ3v) is 4.88. The van der Waals surface area contributed by atoms with Gasteiger partial charge in [-0.15, -0.1) is 11.3 Å². The van der Waals surface area contributed by atoms with Crippen LogP contribution in [0.3, 0.4) is 0 Å². The van der Waals surface area contributed by atoms with Crippen molar-refractivity contribution in [3.63, 3.8) is 0 Å². The zero-order valence-corrected chi connectivity index (χ0v) is 14.0. The smallest absolute Gasteiger partial charge is 0.304 e. The number of nitrogens with one attached hydrogen (secondary N) is 1. The molecule has 22 heavy (non-hydrogen) atoms. The second kappa shape index (κ2) is 7.19. The summed E-state index contributed by atoms with van der Waals surface area (Å²) in [4.78, 5) is 29.3. The Morgan fingerprint density at radius 3 is 2.77 bits per heavy atom. The maximum Gasteiger partial charge on any atom is 0.304 e. The van der Waals surface area contributed by atoms with Crippen LogP contribution in [0.4, 0.5) is 0 Å². The van der Waals surface area contributed by atoms with Gasteiger partial charge in [-0.25, -0.2) is 4.98 Å². The van der Waals surface area contributed by atoms with E-state index in [0.29, 0.717) is 30.6 Å². The maximum absolute atomic E-state index is 12.3. The van der Waals surface area contributed by atoms with Crippen LogP contribution >= 0.6 is 11.3 Å². The van der Waals surface area contributed by atoms with E-state index in [1.807, 2.05) is 6.92 Å². The van der Waals surface area contributed by atoms with E-state index in [-0.39, 0.29) is 18.4 Å². The predicted octanol–water partition coefficient (Wildman–Crippen LogP) is 1.61. The number of carbonyl (C=O) groups excluding carboxylic acids is 1. The van der Waals surface area contributed by atoms with Crippen LogP contribution in [-0.2, 0) is 4.79 Å². The Bertz CT molecular complexity index is 544. The lowest BCUT2D eigenvalue weighted by Gasteiger charge is -2.22. The highest BCUT2D eigenvalue weighted by molar-refractivity contribution is 7.09. The van der Waals surface area contributed by atoms with E-state index in [9.17, 15) is 9.59 Å². The molecule has 1 aliphatic heterocycles. The van der Waals surface area contributed by atoms with Crippen LogP contribution in [0.15, 0.2) is 5.38 Å². The number of carboxylic acids is 1. The number of aryl methyl sites for hydroxylation is 1. The van der Waals surface area contributed by atoms with E-state index in [4.69, 9.17) is 5.11 Å². The number of aromatic nitrogens is 1. The first-order chi connectivity index (χ1) is 10.4. The van der Waals surface area contributed by atoms with Gasteiger partial charge in [0.25, 0.3) is 5.91 Å². The summed E-state index contributed by atoms with van der Waals surface area (Å²) in [7, 11) is 0. The molecule has 2 rings (SSSR count). The third-order valence-electron chi connectivity index (χ3n) is 4.11. The molecule has 0 aromatic carbocycles. The quantitative estimate of drug-likeness (QED) is 0.830. The number of carboxylic acid groups (broad SMARTS) is 1. The molecular formula is C15H23N3O3S. The van der Waals surface area contributed by atoms with Crippen LogP contribution < -0.4 is 5.32 Å². The first-order valence-corrected chi connectivity index (χ1v) is 8.42. The van der Waals surface area contributed by atoms with Crippen LogP contribution in [-0.4, -0.2) is 52.5 Å². The molecule has 7 heteroatoms. The molecule has 1 fully saturated rings. The van der Waals surface area contributed by atoms with Crippen molar-refractivity contribution in [2.75, 3.05) is 19.6 Å². The van der Waals surface area contributed by atoms with Gasteiger partial charge in [0.1, 0.15) is 5.69 Å². The number of hydrogen-bond donors (Lipinski definition) is 2. The molecule has 0 bridgehead atoms. The minimum absolute atomic E-state index is 0.0447. The molecule has 0 saturated carbocycles. The summed E-state index contributed by atoms with van der Waals surface area (Å²) in [6, 6.07) is 0.0447. The molecule has 2 N–H and O–H groups in total. The molecular weight excluding hydrogens is 302 g/mol. The molecule has 122 valence electrons. The molecule has 6 nitrogen and oxygen atoms in total.